The van der Waals surface area contributed by atoms with Crippen LogP contribution < -0.4 is 5.73 Å². The molecule has 90 valence electrons. The van der Waals surface area contributed by atoms with E-state index in [1.165, 1.54) is 0 Å². The number of nitrogen functional groups attached to an aromatic ring is 1. The van der Waals surface area contributed by atoms with Gasteiger partial charge in [-0.3, -0.25) is 9.89 Å². The first kappa shape index (κ1) is 11.3. The lowest BCUT2D eigenvalue weighted by Crippen LogP contribution is -2.27. The van der Waals surface area contributed by atoms with Crippen molar-refractivity contribution < 1.29 is 4.79 Å². The van der Waals surface area contributed by atoms with E-state index < -0.39 is 0 Å². The van der Waals surface area contributed by atoms with Crippen LogP contribution in [-0.2, 0) is 13.6 Å². The van der Waals surface area contributed by atoms with Crippen LogP contribution in [0.1, 0.15) is 16.1 Å². The van der Waals surface area contributed by atoms with Gasteiger partial charge in [0.05, 0.1) is 11.9 Å². The molecule has 2 aromatic heterocycles. The summed E-state index contributed by atoms with van der Waals surface area (Å²) in [6, 6.07) is 1.67. The molecule has 0 aliphatic carbocycles. The van der Waals surface area contributed by atoms with Crippen LogP contribution in [0.25, 0.3) is 0 Å². The zero-order valence-electron chi connectivity index (χ0n) is 9.84. The molecule has 0 aromatic carbocycles. The first-order valence-corrected chi connectivity index (χ1v) is 5.23. The second kappa shape index (κ2) is 4.32. The molecule has 6 heteroatoms. The molecule has 0 aliphatic rings. The monoisotopic (exact) mass is 233 g/mol. The third kappa shape index (κ3) is 2.30. The zero-order chi connectivity index (χ0) is 12.4. The van der Waals surface area contributed by atoms with E-state index in [4.69, 9.17) is 5.73 Å². The molecule has 0 saturated carbocycles. The topological polar surface area (TPSA) is 79.9 Å². The number of anilines is 1. The maximum atomic E-state index is 12.1. The Kier molecular flexibility index (Phi) is 2.86. The molecule has 0 radical (unpaired) electrons. The number of carbonyl (C=O) groups excluding carboxylic acids is 1. The van der Waals surface area contributed by atoms with Gasteiger partial charge in [0.2, 0.25) is 0 Å². The van der Waals surface area contributed by atoms with Gasteiger partial charge in [0.1, 0.15) is 5.69 Å². The fourth-order valence-corrected chi connectivity index (χ4v) is 1.71. The maximum Gasteiger partial charge on any atom is 0.270 e. The van der Waals surface area contributed by atoms with Crippen molar-refractivity contribution >= 4 is 11.6 Å². The molecular formula is C11H15N5O. The molecule has 0 spiro atoms. The van der Waals surface area contributed by atoms with Gasteiger partial charge in [0.25, 0.3) is 5.91 Å². The van der Waals surface area contributed by atoms with E-state index in [2.05, 4.69) is 10.2 Å². The Hall–Kier alpha value is -2.24. The summed E-state index contributed by atoms with van der Waals surface area (Å²) in [7, 11) is 3.55. The van der Waals surface area contributed by atoms with Gasteiger partial charge in [-0.2, -0.15) is 5.10 Å². The number of nitrogens with two attached hydrogens (primary N) is 1. The van der Waals surface area contributed by atoms with Crippen molar-refractivity contribution in [2.45, 2.75) is 6.54 Å². The first-order chi connectivity index (χ1) is 8.08. The van der Waals surface area contributed by atoms with Crippen molar-refractivity contribution in [3.05, 3.63) is 35.9 Å². The van der Waals surface area contributed by atoms with Gasteiger partial charge in [0.15, 0.2) is 0 Å². The van der Waals surface area contributed by atoms with Gasteiger partial charge in [-0.1, -0.05) is 0 Å². The average molecular weight is 233 g/mol. The van der Waals surface area contributed by atoms with Gasteiger partial charge in [0, 0.05) is 38.6 Å². The summed E-state index contributed by atoms with van der Waals surface area (Å²) in [4.78, 5) is 13.7. The van der Waals surface area contributed by atoms with Crippen LogP contribution in [0, 0.1) is 0 Å². The highest BCUT2D eigenvalue weighted by atomic mass is 16.2. The van der Waals surface area contributed by atoms with Gasteiger partial charge in [-0.05, 0) is 6.07 Å². The fraction of sp³-hybridized carbons (Fsp3) is 0.273. The zero-order valence-corrected chi connectivity index (χ0v) is 9.84. The van der Waals surface area contributed by atoms with Crippen LogP contribution in [0.3, 0.4) is 0 Å². The lowest BCUT2D eigenvalue weighted by Gasteiger charge is -2.16. The summed E-state index contributed by atoms with van der Waals surface area (Å²) in [5.74, 6) is -0.0644. The Morgan fingerprint density at radius 3 is 2.94 bits per heavy atom. The highest BCUT2D eigenvalue weighted by Gasteiger charge is 2.16. The largest absolute Gasteiger partial charge is 0.397 e. The summed E-state index contributed by atoms with van der Waals surface area (Å²) in [6.45, 7) is 0.514. The lowest BCUT2D eigenvalue weighted by atomic mass is 10.3. The van der Waals surface area contributed by atoms with Gasteiger partial charge in [-0.15, -0.1) is 0 Å². The molecule has 0 atom stereocenters. The molecule has 2 aromatic rings. The van der Waals surface area contributed by atoms with Crippen molar-refractivity contribution in [1.82, 2.24) is 19.7 Å². The molecule has 0 saturated heterocycles. The third-order valence-electron chi connectivity index (χ3n) is 2.57. The maximum absolute atomic E-state index is 12.1. The van der Waals surface area contributed by atoms with Crippen LogP contribution in [-0.4, -0.2) is 32.6 Å². The van der Waals surface area contributed by atoms with E-state index >= 15 is 0 Å². The predicted octanol–water partition coefficient (Wildman–Crippen LogP) is 0.603. The molecule has 1 amide bonds. The first-order valence-electron chi connectivity index (χ1n) is 5.23. The molecule has 0 bridgehead atoms. The molecular weight excluding hydrogens is 218 g/mol. The van der Waals surface area contributed by atoms with Crippen molar-refractivity contribution in [1.29, 1.82) is 0 Å². The number of nitrogens with zero attached hydrogens (tertiary/aromatic N) is 3. The number of H-pyrrole nitrogens is 1. The molecule has 0 unspecified atom stereocenters. The normalized spacial score (nSPS) is 10.5. The van der Waals surface area contributed by atoms with Crippen LogP contribution >= 0.6 is 0 Å². The van der Waals surface area contributed by atoms with Crippen molar-refractivity contribution in [2.24, 2.45) is 7.05 Å². The Labute approximate surface area is 99.0 Å². The number of rotatable bonds is 3. The number of aryl methyl sites for hydroxylation is 1. The Morgan fingerprint density at radius 2 is 2.41 bits per heavy atom. The Balaban J connectivity index is 2.12. The third-order valence-corrected chi connectivity index (χ3v) is 2.57. The van der Waals surface area contributed by atoms with Crippen molar-refractivity contribution in [3.63, 3.8) is 0 Å². The second-order valence-corrected chi connectivity index (χ2v) is 4.04. The summed E-state index contributed by atoms with van der Waals surface area (Å²) < 4.78 is 1.73. The van der Waals surface area contributed by atoms with E-state index in [9.17, 15) is 4.79 Å². The van der Waals surface area contributed by atoms with Crippen LogP contribution in [0.15, 0.2) is 24.7 Å². The highest BCUT2D eigenvalue weighted by Crippen LogP contribution is 2.12. The highest BCUT2D eigenvalue weighted by molar-refractivity contribution is 5.93. The number of carbonyl (C=O) groups is 1. The van der Waals surface area contributed by atoms with Crippen LogP contribution in [0.2, 0.25) is 0 Å². The molecule has 6 nitrogen and oxygen atoms in total. The number of aromatic nitrogens is 3. The molecule has 2 rings (SSSR count). The van der Waals surface area contributed by atoms with E-state index in [1.54, 1.807) is 48.2 Å². The quantitative estimate of drug-likeness (QED) is 0.814. The number of nitrogens with one attached hydrogen (secondary N) is 1. The Bertz CT molecular complexity index is 514. The van der Waals surface area contributed by atoms with Crippen LogP contribution in [0.5, 0.6) is 0 Å². The number of aromatic amines is 1. The van der Waals surface area contributed by atoms with Gasteiger partial charge >= 0.3 is 0 Å². The number of amides is 1. The molecule has 0 fully saturated rings. The SMILES string of the molecule is CN(Cc1cn[nH]c1)C(=O)c1cc(N)cn1C. The number of hydrogen-bond donors (Lipinski definition) is 2. The summed E-state index contributed by atoms with van der Waals surface area (Å²) in [5, 5.41) is 6.56. The van der Waals surface area contributed by atoms with E-state index in [0.717, 1.165) is 5.56 Å². The minimum absolute atomic E-state index is 0.0644. The van der Waals surface area contributed by atoms with Gasteiger partial charge < -0.3 is 15.2 Å². The van der Waals surface area contributed by atoms with Gasteiger partial charge in [-0.25, -0.2) is 0 Å². The predicted molar refractivity (Wildman–Crippen MR) is 64.2 cm³/mol. The average Bonchev–Trinajstić information content (AvgIpc) is 2.87. The lowest BCUT2D eigenvalue weighted by molar-refractivity contribution is 0.0775. The van der Waals surface area contributed by atoms with Crippen LogP contribution in [0.4, 0.5) is 5.69 Å². The minimum Gasteiger partial charge on any atom is -0.397 e. The minimum atomic E-state index is -0.0644. The Morgan fingerprint density at radius 1 is 1.65 bits per heavy atom. The van der Waals surface area contributed by atoms with Crippen molar-refractivity contribution in [3.8, 4) is 0 Å². The summed E-state index contributed by atoms with van der Waals surface area (Å²) >= 11 is 0. The summed E-state index contributed by atoms with van der Waals surface area (Å²) in [6.07, 6.45) is 5.19. The fourth-order valence-electron chi connectivity index (χ4n) is 1.71. The van der Waals surface area contributed by atoms with E-state index in [0.29, 0.717) is 17.9 Å². The number of hydrogen-bond acceptors (Lipinski definition) is 3. The summed E-state index contributed by atoms with van der Waals surface area (Å²) in [5.41, 5.74) is 7.78. The second-order valence-electron chi connectivity index (χ2n) is 4.04. The smallest absolute Gasteiger partial charge is 0.270 e. The molecule has 17 heavy (non-hydrogen) atoms. The molecule has 2 heterocycles. The molecule has 0 aliphatic heterocycles. The standard InChI is InChI=1S/C11H15N5O/c1-15-7-9(12)3-10(15)11(17)16(2)6-8-4-13-14-5-8/h3-5,7H,6,12H2,1-2H3,(H,13,14). The van der Waals surface area contributed by atoms with Crippen molar-refractivity contribution in [2.75, 3.05) is 12.8 Å². The van der Waals surface area contributed by atoms with E-state index in [-0.39, 0.29) is 5.91 Å². The van der Waals surface area contributed by atoms with E-state index in [1.807, 2.05) is 0 Å². The molecule has 3 N–H and O–H groups in total.